The van der Waals surface area contributed by atoms with Crippen molar-refractivity contribution in [3.8, 4) is 0 Å². The summed E-state index contributed by atoms with van der Waals surface area (Å²) in [7, 11) is 0. The van der Waals surface area contributed by atoms with Crippen molar-refractivity contribution in [2.24, 2.45) is 23.2 Å². The zero-order chi connectivity index (χ0) is 18.5. The van der Waals surface area contributed by atoms with Crippen molar-refractivity contribution in [1.29, 1.82) is 0 Å². The molecule has 25 heavy (non-hydrogen) atoms. The van der Waals surface area contributed by atoms with E-state index in [1.807, 2.05) is 0 Å². The second kappa shape index (κ2) is 9.80. The number of rotatable bonds is 12. The fourth-order valence-electron chi connectivity index (χ4n) is 5.85. The van der Waals surface area contributed by atoms with Crippen LogP contribution in [-0.4, -0.2) is 29.1 Å². The molecule has 0 aromatic rings. The first kappa shape index (κ1) is 22.1. The van der Waals surface area contributed by atoms with E-state index in [1.165, 1.54) is 56.0 Å². The molecule has 3 aliphatic rings. The van der Waals surface area contributed by atoms with Gasteiger partial charge in [-0.25, -0.2) is 0 Å². The molecule has 3 rings (SSSR count). The molecule has 0 radical (unpaired) electrons. The summed E-state index contributed by atoms with van der Waals surface area (Å²) in [6, 6.07) is 0. The fourth-order valence-corrected chi connectivity index (χ4v) is 20.3. The zero-order valence-electron chi connectivity index (χ0n) is 18.2. The van der Waals surface area contributed by atoms with Crippen LogP contribution in [0.4, 0.5) is 0 Å². The van der Waals surface area contributed by atoms with E-state index in [-0.39, 0.29) is 0 Å². The van der Waals surface area contributed by atoms with E-state index < -0.39 is 18.4 Å². The Morgan fingerprint density at radius 2 is 1.40 bits per heavy atom. The van der Waals surface area contributed by atoms with Gasteiger partial charge in [-0.1, -0.05) is 0 Å². The van der Waals surface area contributed by atoms with Crippen LogP contribution in [0.5, 0.6) is 0 Å². The quantitative estimate of drug-likeness (QED) is 0.277. The van der Waals surface area contributed by atoms with Crippen LogP contribution in [0.1, 0.15) is 92.9 Å². The maximum absolute atomic E-state index is 6.84. The maximum atomic E-state index is 6.84. The normalized spacial score (nSPS) is 31.0. The molecular formula is C23H46OSn. The van der Waals surface area contributed by atoms with Gasteiger partial charge in [-0.15, -0.1) is 0 Å². The first-order valence-corrected chi connectivity index (χ1v) is 19.6. The molecule has 0 spiro atoms. The van der Waals surface area contributed by atoms with E-state index in [0.717, 1.165) is 17.8 Å². The molecule has 0 aliphatic heterocycles. The van der Waals surface area contributed by atoms with Crippen LogP contribution in [0.25, 0.3) is 0 Å². The summed E-state index contributed by atoms with van der Waals surface area (Å²) in [4.78, 5) is 0. The Kier molecular flexibility index (Phi) is 8.65. The molecule has 0 saturated heterocycles. The molecular weight excluding hydrogens is 411 g/mol. The van der Waals surface area contributed by atoms with Gasteiger partial charge in [0.15, 0.2) is 0 Å². The molecule has 0 amide bonds. The minimum atomic E-state index is -2.10. The van der Waals surface area contributed by atoms with Crippen molar-refractivity contribution >= 4 is 18.4 Å². The van der Waals surface area contributed by atoms with Crippen LogP contribution in [0.3, 0.4) is 0 Å². The minimum absolute atomic E-state index is 0.581. The van der Waals surface area contributed by atoms with Gasteiger partial charge in [0.05, 0.1) is 0 Å². The third kappa shape index (κ3) is 5.18. The molecule has 1 nitrogen and oxygen atoms in total. The number of hydrogen-bond acceptors (Lipinski definition) is 1. The Labute approximate surface area is 162 Å². The predicted molar refractivity (Wildman–Crippen MR) is 114 cm³/mol. The monoisotopic (exact) mass is 458 g/mol. The summed E-state index contributed by atoms with van der Waals surface area (Å²) >= 11 is -2.10. The Morgan fingerprint density at radius 3 is 1.80 bits per heavy atom. The van der Waals surface area contributed by atoms with Gasteiger partial charge in [-0.05, 0) is 0 Å². The van der Waals surface area contributed by atoms with Crippen molar-refractivity contribution in [1.82, 2.24) is 0 Å². The topological polar surface area (TPSA) is 9.23 Å². The standard InChI is InChI=1S/C11H19O.3C4H9.Sn/c1-7-9-5-8(11(9,2)3)6-10(7)12-4;3*1-3-4-2;/h7-10H,4-6H2,1-3H3;3*1,3-4H2,2H3;/t7-,8+,9+,10-;;;;/m1..../s1. The zero-order valence-corrected chi connectivity index (χ0v) is 21.1. The molecule has 3 saturated carbocycles. The Morgan fingerprint density at radius 1 is 0.880 bits per heavy atom. The molecule has 3 aliphatic carbocycles. The Hall–Kier alpha value is 0.759. The van der Waals surface area contributed by atoms with E-state index in [0.29, 0.717) is 11.5 Å². The molecule has 2 heteroatoms. The van der Waals surface area contributed by atoms with Crippen molar-refractivity contribution in [2.45, 2.75) is 112 Å². The van der Waals surface area contributed by atoms with Crippen LogP contribution in [0, 0.1) is 23.2 Å². The number of hydrogen-bond donors (Lipinski definition) is 0. The molecule has 4 atom stereocenters. The van der Waals surface area contributed by atoms with E-state index >= 15 is 0 Å². The number of fused-ring (bicyclic) bond motifs is 2. The van der Waals surface area contributed by atoms with E-state index in [2.05, 4.69) is 41.5 Å². The van der Waals surface area contributed by atoms with Crippen LogP contribution in [0.2, 0.25) is 13.3 Å². The van der Waals surface area contributed by atoms with Crippen LogP contribution >= 0.6 is 0 Å². The molecule has 3 fully saturated rings. The number of ether oxygens (including phenoxy) is 1. The van der Waals surface area contributed by atoms with Gasteiger partial charge < -0.3 is 0 Å². The SMILES string of the molecule is CCC[CH2][Sn]([CH2]CCC)([CH2]CCC)[CH2]O[C@@H]1C[C@@H]2C[C@@H]([C@H]1C)C2(C)C. The van der Waals surface area contributed by atoms with Gasteiger partial charge in [0.2, 0.25) is 0 Å². The first-order valence-electron chi connectivity index (χ1n) is 11.5. The van der Waals surface area contributed by atoms with Crippen molar-refractivity contribution < 1.29 is 4.74 Å². The molecule has 2 bridgehead atoms. The molecule has 0 unspecified atom stereocenters. The van der Waals surface area contributed by atoms with Crippen LogP contribution in [-0.2, 0) is 4.74 Å². The molecule has 0 N–H and O–H groups in total. The van der Waals surface area contributed by atoms with Crippen LogP contribution < -0.4 is 0 Å². The Balaban J connectivity index is 1.97. The van der Waals surface area contributed by atoms with Gasteiger partial charge in [0.25, 0.3) is 0 Å². The molecule has 0 aromatic heterocycles. The summed E-state index contributed by atoms with van der Waals surface area (Å²) in [5, 5.41) is 0. The summed E-state index contributed by atoms with van der Waals surface area (Å²) < 4.78 is 12.8. The first-order chi connectivity index (χ1) is 11.9. The van der Waals surface area contributed by atoms with E-state index in [9.17, 15) is 0 Å². The summed E-state index contributed by atoms with van der Waals surface area (Å²) in [6.45, 7) is 14.6. The van der Waals surface area contributed by atoms with E-state index in [4.69, 9.17) is 4.74 Å². The van der Waals surface area contributed by atoms with Crippen LogP contribution in [0.15, 0.2) is 0 Å². The van der Waals surface area contributed by atoms with Gasteiger partial charge in [0, 0.05) is 0 Å². The summed E-state index contributed by atoms with van der Waals surface area (Å²) in [6.07, 6.45) is 11.9. The average molecular weight is 457 g/mol. The van der Waals surface area contributed by atoms with Crippen molar-refractivity contribution in [3.05, 3.63) is 0 Å². The average Bonchev–Trinajstić information content (AvgIpc) is 2.60. The molecule has 0 aromatic carbocycles. The van der Waals surface area contributed by atoms with Crippen molar-refractivity contribution in [3.63, 3.8) is 0 Å². The predicted octanol–water partition coefficient (Wildman–Crippen LogP) is 7.46. The second-order valence-corrected chi connectivity index (χ2v) is 23.8. The summed E-state index contributed by atoms with van der Waals surface area (Å²) in [5.74, 6) is 2.64. The molecule has 148 valence electrons. The van der Waals surface area contributed by atoms with E-state index in [1.54, 1.807) is 13.3 Å². The fraction of sp³-hybridized carbons (Fsp3) is 1.00. The molecule has 0 heterocycles. The number of unbranched alkanes of at least 4 members (excludes halogenated alkanes) is 3. The van der Waals surface area contributed by atoms with Crippen molar-refractivity contribution in [2.75, 3.05) is 4.62 Å². The summed E-state index contributed by atoms with van der Waals surface area (Å²) in [5.41, 5.74) is 0.590. The third-order valence-corrected chi connectivity index (χ3v) is 22.4. The van der Waals surface area contributed by atoms with Gasteiger partial charge in [0.1, 0.15) is 0 Å². The second-order valence-electron chi connectivity index (χ2n) is 10.1. The van der Waals surface area contributed by atoms with Gasteiger partial charge >= 0.3 is 163 Å². The van der Waals surface area contributed by atoms with Gasteiger partial charge in [-0.3, -0.25) is 0 Å². The third-order valence-electron chi connectivity index (χ3n) is 8.07. The van der Waals surface area contributed by atoms with Gasteiger partial charge in [-0.2, -0.15) is 0 Å². The Bertz CT molecular complexity index is 370.